The van der Waals surface area contributed by atoms with Gasteiger partial charge in [-0.3, -0.25) is 4.79 Å². The highest BCUT2D eigenvalue weighted by molar-refractivity contribution is 5.91. The van der Waals surface area contributed by atoms with Crippen molar-refractivity contribution in [1.29, 1.82) is 0 Å². The third-order valence-electron chi connectivity index (χ3n) is 3.30. The first-order valence-electron chi connectivity index (χ1n) is 6.39. The van der Waals surface area contributed by atoms with Crippen molar-refractivity contribution in [3.05, 3.63) is 29.7 Å². The Morgan fingerprint density at radius 1 is 1.47 bits per heavy atom. The molecule has 2 rings (SSSR count). The highest BCUT2D eigenvalue weighted by atomic mass is 16.5. The molecule has 1 fully saturated rings. The molecule has 1 aromatic heterocycles. The van der Waals surface area contributed by atoms with E-state index in [2.05, 4.69) is 5.32 Å². The van der Waals surface area contributed by atoms with Crippen LogP contribution in [0, 0.1) is 6.92 Å². The first-order valence-corrected chi connectivity index (χ1v) is 6.39. The molecule has 104 valence electrons. The van der Waals surface area contributed by atoms with Crippen LogP contribution in [0.25, 0.3) is 6.08 Å². The van der Waals surface area contributed by atoms with E-state index in [1.165, 1.54) is 6.08 Å². The molecule has 5 nitrogen and oxygen atoms in total. The minimum absolute atomic E-state index is 0.0736. The van der Waals surface area contributed by atoms with Crippen LogP contribution in [0.5, 0.6) is 0 Å². The lowest BCUT2D eigenvalue weighted by Gasteiger charge is -2.35. The van der Waals surface area contributed by atoms with Crippen LogP contribution in [0.2, 0.25) is 0 Å². The number of amides is 1. The van der Waals surface area contributed by atoms with Gasteiger partial charge in [-0.2, -0.15) is 0 Å². The van der Waals surface area contributed by atoms with Crippen molar-refractivity contribution in [3.8, 4) is 0 Å². The predicted octanol–water partition coefficient (Wildman–Crippen LogP) is 1.26. The fraction of sp³-hybridized carbons (Fsp3) is 0.500. The van der Waals surface area contributed by atoms with E-state index in [0.29, 0.717) is 31.8 Å². The monoisotopic (exact) mass is 265 g/mol. The van der Waals surface area contributed by atoms with Gasteiger partial charge in [-0.25, -0.2) is 0 Å². The van der Waals surface area contributed by atoms with Crippen molar-refractivity contribution < 1.29 is 19.1 Å². The van der Waals surface area contributed by atoms with Crippen molar-refractivity contribution >= 4 is 12.0 Å². The van der Waals surface area contributed by atoms with Gasteiger partial charge in [0.05, 0.1) is 12.1 Å². The Labute approximate surface area is 112 Å². The Morgan fingerprint density at radius 3 is 2.79 bits per heavy atom. The zero-order chi connectivity index (χ0) is 13.7. The van der Waals surface area contributed by atoms with Gasteiger partial charge in [0.15, 0.2) is 0 Å². The maximum absolute atomic E-state index is 11.9. The van der Waals surface area contributed by atoms with Crippen LogP contribution in [0.3, 0.4) is 0 Å². The number of aryl methyl sites for hydroxylation is 1. The van der Waals surface area contributed by atoms with Gasteiger partial charge in [-0.1, -0.05) is 0 Å². The largest absolute Gasteiger partial charge is 0.462 e. The topological polar surface area (TPSA) is 71.7 Å². The standard InChI is InChI=1S/C14H19NO4/c1-11-2-3-12(19-11)4-5-13(17)15-14(10-16)6-8-18-9-7-14/h2-5,16H,6-10H2,1H3,(H,15,17)/b5-4+. The first kappa shape index (κ1) is 13.8. The zero-order valence-electron chi connectivity index (χ0n) is 11.0. The summed E-state index contributed by atoms with van der Waals surface area (Å²) in [6.45, 7) is 2.89. The number of furan rings is 1. The minimum atomic E-state index is -0.557. The molecular weight excluding hydrogens is 246 g/mol. The number of hydrogen-bond acceptors (Lipinski definition) is 4. The summed E-state index contributed by atoms with van der Waals surface area (Å²) < 4.78 is 10.6. The number of rotatable bonds is 4. The molecular formula is C14H19NO4. The second-order valence-electron chi connectivity index (χ2n) is 4.82. The number of aliphatic hydroxyl groups is 1. The van der Waals surface area contributed by atoms with Crippen molar-refractivity contribution in [2.45, 2.75) is 25.3 Å². The molecule has 0 unspecified atom stereocenters. The molecule has 0 spiro atoms. The van der Waals surface area contributed by atoms with Crippen molar-refractivity contribution in [2.75, 3.05) is 19.8 Å². The lowest BCUT2D eigenvalue weighted by atomic mass is 9.91. The molecule has 2 N–H and O–H groups in total. The van der Waals surface area contributed by atoms with E-state index >= 15 is 0 Å². The molecule has 5 heteroatoms. The van der Waals surface area contributed by atoms with Gasteiger partial charge in [-0.15, -0.1) is 0 Å². The summed E-state index contributed by atoms with van der Waals surface area (Å²) in [6, 6.07) is 3.64. The van der Waals surface area contributed by atoms with Gasteiger partial charge in [-0.05, 0) is 38.0 Å². The van der Waals surface area contributed by atoms with Crippen molar-refractivity contribution in [3.63, 3.8) is 0 Å². The van der Waals surface area contributed by atoms with Gasteiger partial charge in [0.25, 0.3) is 0 Å². The number of nitrogens with one attached hydrogen (secondary N) is 1. The predicted molar refractivity (Wildman–Crippen MR) is 70.5 cm³/mol. The van der Waals surface area contributed by atoms with Gasteiger partial charge in [0.1, 0.15) is 11.5 Å². The Bertz CT molecular complexity index is 458. The molecule has 0 bridgehead atoms. The smallest absolute Gasteiger partial charge is 0.244 e. The van der Waals surface area contributed by atoms with E-state index < -0.39 is 5.54 Å². The first-order chi connectivity index (χ1) is 9.13. The molecule has 2 heterocycles. The normalized spacial score (nSPS) is 18.6. The number of hydrogen-bond donors (Lipinski definition) is 2. The lowest BCUT2D eigenvalue weighted by molar-refractivity contribution is -0.120. The van der Waals surface area contributed by atoms with Crippen LogP contribution in [0.15, 0.2) is 22.6 Å². The van der Waals surface area contributed by atoms with Crippen molar-refractivity contribution in [2.24, 2.45) is 0 Å². The second kappa shape index (κ2) is 6.04. The Morgan fingerprint density at radius 2 is 2.21 bits per heavy atom. The molecule has 1 saturated heterocycles. The minimum Gasteiger partial charge on any atom is -0.462 e. The third-order valence-corrected chi connectivity index (χ3v) is 3.30. The lowest BCUT2D eigenvalue weighted by Crippen LogP contribution is -2.54. The van der Waals surface area contributed by atoms with Gasteiger partial charge >= 0.3 is 0 Å². The molecule has 1 amide bonds. The number of aliphatic hydroxyl groups excluding tert-OH is 1. The second-order valence-corrected chi connectivity index (χ2v) is 4.82. The summed E-state index contributed by atoms with van der Waals surface area (Å²) in [5, 5.41) is 12.3. The number of ether oxygens (including phenoxy) is 1. The molecule has 19 heavy (non-hydrogen) atoms. The van der Waals surface area contributed by atoms with Crippen molar-refractivity contribution in [1.82, 2.24) is 5.32 Å². The van der Waals surface area contributed by atoms with Crippen LogP contribution >= 0.6 is 0 Å². The van der Waals surface area contributed by atoms with Crippen LogP contribution in [0.4, 0.5) is 0 Å². The summed E-state index contributed by atoms with van der Waals surface area (Å²) in [5.74, 6) is 1.21. The molecule has 1 aliphatic rings. The third kappa shape index (κ3) is 3.68. The quantitative estimate of drug-likeness (QED) is 0.804. The van der Waals surface area contributed by atoms with Crippen LogP contribution in [-0.2, 0) is 9.53 Å². The molecule has 0 saturated carbocycles. The molecule has 0 aliphatic carbocycles. The average molecular weight is 265 g/mol. The van der Waals surface area contributed by atoms with Crippen LogP contribution < -0.4 is 5.32 Å². The number of carbonyl (C=O) groups excluding carboxylic acids is 1. The highest BCUT2D eigenvalue weighted by Gasteiger charge is 2.32. The Kier molecular flexibility index (Phi) is 4.39. The summed E-state index contributed by atoms with van der Waals surface area (Å²) in [7, 11) is 0. The number of carbonyl (C=O) groups is 1. The summed E-state index contributed by atoms with van der Waals surface area (Å²) in [6.07, 6.45) is 4.30. The maximum atomic E-state index is 11.9. The van der Waals surface area contributed by atoms with E-state index in [4.69, 9.17) is 9.15 Å². The highest BCUT2D eigenvalue weighted by Crippen LogP contribution is 2.20. The Hall–Kier alpha value is -1.59. The van der Waals surface area contributed by atoms with Gasteiger partial charge in [0, 0.05) is 19.3 Å². The van der Waals surface area contributed by atoms with E-state index in [0.717, 1.165) is 5.76 Å². The van der Waals surface area contributed by atoms with Crippen LogP contribution in [-0.4, -0.2) is 36.4 Å². The van der Waals surface area contributed by atoms with E-state index in [-0.39, 0.29) is 12.5 Å². The van der Waals surface area contributed by atoms with Gasteiger partial charge < -0.3 is 19.6 Å². The Balaban J connectivity index is 1.94. The average Bonchev–Trinajstić information content (AvgIpc) is 2.83. The van der Waals surface area contributed by atoms with E-state index in [1.54, 1.807) is 12.1 Å². The fourth-order valence-corrected chi connectivity index (χ4v) is 2.09. The van der Waals surface area contributed by atoms with Gasteiger partial charge in [0.2, 0.25) is 5.91 Å². The molecule has 0 aromatic carbocycles. The SMILES string of the molecule is Cc1ccc(/C=C/C(=O)NC2(CO)CCOCC2)o1. The van der Waals surface area contributed by atoms with E-state index in [1.807, 2.05) is 13.0 Å². The maximum Gasteiger partial charge on any atom is 0.244 e. The summed E-state index contributed by atoms with van der Waals surface area (Å²) in [4.78, 5) is 11.9. The van der Waals surface area contributed by atoms with Crippen LogP contribution in [0.1, 0.15) is 24.4 Å². The van der Waals surface area contributed by atoms with E-state index in [9.17, 15) is 9.90 Å². The molecule has 0 atom stereocenters. The summed E-state index contributed by atoms with van der Waals surface area (Å²) in [5.41, 5.74) is -0.557. The fourth-order valence-electron chi connectivity index (χ4n) is 2.09. The summed E-state index contributed by atoms with van der Waals surface area (Å²) >= 11 is 0. The molecule has 0 radical (unpaired) electrons. The molecule has 1 aliphatic heterocycles. The zero-order valence-corrected chi connectivity index (χ0v) is 11.0. The molecule has 1 aromatic rings.